The van der Waals surface area contributed by atoms with Gasteiger partial charge in [0, 0.05) is 24.8 Å². The van der Waals surface area contributed by atoms with Gasteiger partial charge in [-0.2, -0.15) is 5.10 Å². The second-order valence-electron chi connectivity index (χ2n) is 3.69. The van der Waals surface area contributed by atoms with Crippen LogP contribution >= 0.6 is 11.8 Å². The van der Waals surface area contributed by atoms with Gasteiger partial charge in [-0.1, -0.05) is 0 Å². The predicted molar refractivity (Wildman–Crippen MR) is 69.1 cm³/mol. The second-order valence-corrected chi connectivity index (χ2v) is 4.52. The molecule has 0 saturated heterocycles. The molecule has 5 nitrogen and oxygen atoms in total. The minimum absolute atomic E-state index is 0.715. The SMILES string of the molecule is CSc1ccc(NCc2cnn(C)c2C)nn1. The molecular formula is C11H15N5S. The molecule has 0 aliphatic rings. The molecule has 2 aromatic heterocycles. The maximum absolute atomic E-state index is 4.19. The van der Waals surface area contributed by atoms with Gasteiger partial charge in [-0.25, -0.2) is 0 Å². The second kappa shape index (κ2) is 5.18. The van der Waals surface area contributed by atoms with Crippen LogP contribution < -0.4 is 5.32 Å². The summed E-state index contributed by atoms with van der Waals surface area (Å²) in [5, 5.41) is 16.5. The summed E-state index contributed by atoms with van der Waals surface area (Å²) in [5.74, 6) is 0.783. The van der Waals surface area contributed by atoms with Gasteiger partial charge in [-0.05, 0) is 25.3 Å². The van der Waals surface area contributed by atoms with E-state index in [0.717, 1.165) is 16.5 Å². The number of thioether (sulfide) groups is 1. The Bertz CT molecular complexity index is 491. The van der Waals surface area contributed by atoms with Crippen molar-refractivity contribution in [2.45, 2.75) is 18.5 Å². The molecule has 1 N–H and O–H groups in total. The number of rotatable bonds is 4. The van der Waals surface area contributed by atoms with Gasteiger partial charge in [0.05, 0.1) is 6.20 Å². The summed E-state index contributed by atoms with van der Waals surface area (Å²) in [6, 6.07) is 3.89. The van der Waals surface area contributed by atoms with E-state index >= 15 is 0 Å². The molecule has 2 heterocycles. The first-order valence-corrected chi connectivity index (χ1v) is 6.52. The molecule has 0 fully saturated rings. The summed E-state index contributed by atoms with van der Waals surface area (Å²) in [7, 11) is 1.94. The van der Waals surface area contributed by atoms with E-state index in [9.17, 15) is 0 Å². The molecule has 0 aromatic carbocycles. The zero-order chi connectivity index (χ0) is 12.3. The smallest absolute Gasteiger partial charge is 0.148 e. The minimum atomic E-state index is 0.715. The Hall–Kier alpha value is -1.56. The molecule has 0 aliphatic carbocycles. The van der Waals surface area contributed by atoms with Crippen molar-refractivity contribution in [1.29, 1.82) is 0 Å². The van der Waals surface area contributed by atoms with Gasteiger partial charge in [0.2, 0.25) is 0 Å². The molecule has 90 valence electrons. The molecule has 17 heavy (non-hydrogen) atoms. The monoisotopic (exact) mass is 249 g/mol. The molecule has 0 atom stereocenters. The molecular weight excluding hydrogens is 234 g/mol. The van der Waals surface area contributed by atoms with E-state index in [2.05, 4.69) is 20.6 Å². The summed E-state index contributed by atoms with van der Waals surface area (Å²) in [4.78, 5) is 0. The maximum atomic E-state index is 4.19. The third kappa shape index (κ3) is 2.76. The van der Waals surface area contributed by atoms with Crippen molar-refractivity contribution in [3.63, 3.8) is 0 Å². The lowest BCUT2D eigenvalue weighted by atomic mass is 10.2. The molecule has 0 unspecified atom stereocenters. The van der Waals surface area contributed by atoms with Crippen LogP contribution in [0, 0.1) is 6.92 Å². The van der Waals surface area contributed by atoms with Crippen LogP contribution in [0.2, 0.25) is 0 Å². The molecule has 0 amide bonds. The molecule has 0 aliphatic heterocycles. The van der Waals surface area contributed by atoms with Crippen molar-refractivity contribution >= 4 is 17.6 Å². The van der Waals surface area contributed by atoms with Crippen molar-refractivity contribution in [3.05, 3.63) is 29.6 Å². The summed E-state index contributed by atoms with van der Waals surface area (Å²) in [5.41, 5.74) is 2.33. The van der Waals surface area contributed by atoms with Crippen LogP contribution in [0.4, 0.5) is 5.82 Å². The zero-order valence-corrected chi connectivity index (χ0v) is 11.0. The number of nitrogens with zero attached hydrogens (tertiary/aromatic N) is 4. The van der Waals surface area contributed by atoms with E-state index in [4.69, 9.17) is 0 Å². The molecule has 2 aromatic rings. The highest BCUT2D eigenvalue weighted by Gasteiger charge is 2.03. The predicted octanol–water partition coefficient (Wildman–Crippen LogP) is 1.85. The van der Waals surface area contributed by atoms with Crippen molar-refractivity contribution in [3.8, 4) is 0 Å². The van der Waals surface area contributed by atoms with E-state index in [1.165, 1.54) is 5.56 Å². The standard InChI is InChI=1S/C11H15N5S/c1-8-9(7-13-16(8)2)6-12-10-4-5-11(17-3)15-14-10/h4-5,7H,6H2,1-3H3,(H,12,14). The van der Waals surface area contributed by atoms with Gasteiger partial charge in [-0.15, -0.1) is 22.0 Å². The van der Waals surface area contributed by atoms with E-state index in [1.807, 2.05) is 43.2 Å². The highest BCUT2D eigenvalue weighted by molar-refractivity contribution is 7.98. The van der Waals surface area contributed by atoms with Crippen LogP contribution in [0.25, 0.3) is 0 Å². The van der Waals surface area contributed by atoms with Crippen molar-refractivity contribution < 1.29 is 0 Å². The fourth-order valence-electron chi connectivity index (χ4n) is 1.43. The van der Waals surface area contributed by atoms with Crippen molar-refractivity contribution in [2.75, 3.05) is 11.6 Å². The van der Waals surface area contributed by atoms with E-state index < -0.39 is 0 Å². The first kappa shape index (κ1) is 11.9. The van der Waals surface area contributed by atoms with Gasteiger partial charge in [0.15, 0.2) is 0 Å². The number of hydrogen-bond donors (Lipinski definition) is 1. The van der Waals surface area contributed by atoms with Crippen LogP contribution in [0.15, 0.2) is 23.4 Å². The number of hydrogen-bond acceptors (Lipinski definition) is 5. The Balaban J connectivity index is 2.00. The molecule has 0 saturated carbocycles. The van der Waals surface area contributed by atoms with Gasteiger partial charge in [0.1, 0.15) is 10.8 Å². The van der Waals surface area contributed by atoms with E-state index in [1.54, 1.807) is 11.8 Å². The average Bonchev–Trinajstić information content (AvgIpc) is 2.68. The van der Waals surface area contributed by atoms with Crippen LogP contribution in [-0.2, 0) is 13.6 Å². The van der Waals surface area contributed by atoms with E-state index in [0.29, 0.717) is 6.54 Å². The largest absolute Gasteiger partial charge is 0.364 e. The molecule has 2 rings (SSSR count). The zero-order valence-electron chi connectivity index (χ0n) is 10.1. The van der Waals surface area contributed by atoms with Gasteiger partial charge in [-0.3, -0.25) is 4.68 Å². The first-order valence-electron chi connectivity index (χ1n) is 5.30. The number of nitrogens with one attached hydrogen (secondary N) is 1. The lowest BCUT2D eigenvalue weighted by molar-refractivity contribution is 0.738. The van der Waals surface area contributed by atoms with Crippen LogP contribution in [0.1, 0.15) is 11.3 Å². The van der Waals surface area contributed by atoms with Crippen molar-refractivity contribution in [2.24, 2.45) is 7.05 Å². The Morgan fingerprint density at radius 2 is 2.18 bits per heavy atom. The normalized spacial score (nSPS) is 10.5. The Morgan fingerprint density at radius 3 is 2.71 bits per heavy atom. The van der Waals surface area contributed by atoms with Crippen LogP contribution in [-0.4, -0.2) is 26.2 Å². The number of aryl methyl sites for hydroxylation is 1. The first-order chi connectivity index (χ1) is 8.20. The van der Waals surface area contributed by atoms with Crippen LogP contribution in [0.3, 0.4) is 0 Å². The Labute approximate surface area is 105 Å². The minimum Gasteiger partial charge on any atom is -0.364 e. The lowest BCUT2D eigenvalue weighted by Gasteiger charge is -2.04. The summed E-state index contributed by atoms with van der Waals surface area (Å²) < 4.78 is 1.86. The summed E-state index contributed by atoms with van der Waals surface area (Å²) in [6.07, 6.45) is 3.85. The third-order valence-corrected chi connectivity index (χ3v) is 3.28. The summed E-state index contributed by atoms with van der Waals surface area (Å²) in [6.45, 7) is 2.76. The average molecular weight is 249 g/mol. The van der Waals surface area contributed by atoms with Crippen LogP contribution in [0.5, 0.6) is 0 Å². The number of aromatic nitrogens is 4. The highest BCUT2D eigenvalue weighted by Crippen LogP contribution is 2.13. The van der Waals surface area contributed by atoms with Crippen molar-refractivity contribution in [1.82, 2.24) is 20.0 Å². The molecule has 6 heteroatoms. The fourth-order valence-corrected chi connectivity index (χ4v) is 1.75. The lowest BCUT2D eigenvalue weighted by Crippen LogP contribution is -2.03. The van der Waals surface area contributed by atoms with E-state index in [-0.39, 0.29) is 0 Å². The summed E-state index contributed by atoms with van der Waals surface area (Å²) >= 11 is 1.58. The van der Waals surface area contributed by atoms with Gasteiger partial charge >= 0.3 is 0 Å². The quantitative estimate of drug-likeness (QED) is 0.838. The highest BCUT2D eigenvalue weighted by atomic mass is 32.2. The Kier molecular flexibility index (Phi) is 3.63. The van der Waals surface area contributed by atoms with Gasteiger partial charge < -0.3 is 5.32 Å². The molecule has 0 bridgehead atoms. The maximum Gasteiger partial charge on any atom is 0.148 e. The molecule has 0 spiro atoms. The molecule has 0 radical (unpaired) electrons. The third-order valence-electron chi connectivity index (χ3n) is 2.65. The number of anilines is 1. The Morgan fingerprint density at radius 1 is 1.35 bits per heavy atom. The fraction of sp³-hybridized carbons (Fsp3) is 0.364. The van der Waals surface area contributed by atoms with Gasteiger partial charge in [0.25, 0.3) is 0 Å². The topological polar surface area (TPSA) is 55.6 Å².